The Bertz CT molecular complexity index is 912. The topological polar surface area (TPSA) is 67.8 Å². The fourth-order valence-corrected chi connectivity index (χ4v) is 3.18. The van der Waals surface area contributed by atoms with E-state index >= 15 is 0 Å². The number of hydrogen-bond acceptors (Lipinski definition) is 4. The van der Waals surface area contributed by atoms with Crippen molar-refractivity contribution < 1.29 is 4.79 Å². The molecule has 8 heteroatoms. The molecule has 0 amide bonds. The number of carbonyl (C=O) groups is 1. The molecule has 22 heavy (non-hydrogen) atoms. The molecule has 2 heterocycles. The number of aromatic nitrogens is 3. The fraction of sp³-hybridized carbons (Fsp3) is 0.0714. The number of nitrogens with zero attached hydrogens (tertiary/aromatic N) is 2. The van der Waals surface area contributed by atoms with E-state index in [4.69, 9.17) is 23.2 Å². The van der Waals surface area contributed by atoms with Crippen LogP contribution in [-0.4, -0.2) is 20.1 Å². The lowest BCUT2D eigenvalue weighted by molar-refractivity contribution is 0.0945. The van der Waals surface area contributed by atoms with Crippen LogP contribution < -0.4 is 5.56 Å². The molecule has 0 saturated heterocycles. The molecule has 112 valence electrons. The number of benzene rings is 1. The first-order valence-electron chi connectivity index (χ1n) is 6.23. The van der Waals surface area contributed by atoms with Crippen molar-refractivity contribution in [3.8, 4) is 11.3 Å². The molecule has 0 radical (unpaired) electrons. The molecule has 0 saturated carbocycles. The van der Waals surface area contributed by atoms with Crippen LogP contribution in [0.2, 0.25) is 10.2 Å². The molecule has 2 aromatic heterocycles. The van der Waals surface area contributed by atoms with Crippen LogP contribution in [0.4, 0.5) is 0 Å². The minimum absolute atomic E-state index is 0.0506. The van der Waals surface area contributed by atoms with Crippen molar-refractivity contribution >= 4 is 40.6 Å². The Morgan fingerprint density at radius 2 is 1.95 bits per heavy atom. The molecule has 5 nitrogen and oxygen atoms in total. The first-order valence-corrected chi connectivity index (χ1v) is 7.76. The van der Waals surface area contributed by atoms with Gasteiger partial charge in [-0.1, -0.05) is 53.5 Å². The Kier molecular flexibility index (Phi) is 3.90. The van der Waals surface area contributed by atoms with Crippen molar-refractivity contribution in [3.05, 3.63) is 61.3 Å². The van der Waals surface area contributed by atoms with Gasteiger partial charge in [-0.3, -0.25) is 14.7 Å². The van der Waals surface area contributed by atoms with Gasteiger partial charge in [-0.2, -0.15) is 9.06 Å². The highest BCUT2D eigenvalue weighted by Crippen LogP contribution is 2.29. The van der Waals surface area contributed by atoms with E-state index in [9.17, 15) is 9.59 Å². The third kappa shape index (κ3) is 2.39. The average molecular weight is 354 g/mol. The first kappa shape index (κ1) is 15.0. The summed E-state index contributed by atoms with van der Waals surface area (Å²) in [5, 5.41) is 2.94. The van der Waals surface area contributed by atoms with Crippen LogP contribution in [0, 0.1) is 6.92 Å². The second-order valence-electron chi connectivity index (χ2n) is 4.54. The van der Waals surface area contributed by atoms with Crippen LogP contribution in [0.5, 0.6) is 0 Å². The summed E-state index contributed by atoms with van der Waals surface area (Å²) in [4.78, 5) is 24.9. The van der Waals surface area contributed by atoms with E-state index in [1.54, 1.807) is 6.92 Å². The lowest BCUT2D eigenvalue weighted by Gasteiger charge is -2.00. The number of rotatable bonds is 2. The highest BCUT2D eigenvalue weighted by molar-refractivity contribution is 7.09. The number of halogens is 2. The summed E-state index contributed by atoms with van der Waals surface area (Å²) in [7, 11) is 0. The van der Waals surface area contributed by atoms with Gasteiger partial charge in [-0.25, -0.2) is 0 Å². The van der Waals surface area contributed by atoms with Crippen LogP contribution in [0.1, 0.15) is 15.2 Å². The van der Waals surface area contributed by atoms with Crippen LogP contribution >= 0.6 is 34.7 Å². The van der Waals surface area contributed by atoms with Crippen LogP contribution in [-0.2, 0) is 0 Å². The van der Waals surface area contributed by atoms with E-state index < -0.39 is 11.5 Å². The van der Waals surface area contributed by atoms with Gasteiger partial charge < -0.3 is 0 Å². The standard InChI is InChI=1S/C14H9Cl2N3O2S/c1-7-10(8-5-3-2-4-6-8)17-19(13(7)20)14(21)11-9(15)12(16)18-22-11/h2-6,17H,1H3. The Morgan fingerprint density at radius 3 is 2.55 bits per heavy atom. The highest BCUT2D eigenvalue weighted by Gasteiger charge is 2.23. The normalized spacial score (nSPS) is 10.9. The second-order valence-corrected chi connectivity index (χ2v) is 6.05. The van der Waals surface area contributed by atoms with E-state index in [1.165, 1.54) is 0 Å². The van der Waals surface area contributed by atoms with E-state index in [0.29, 0.717) is 11.3 Å². The summed E-state index contributed by atoms with van der Waals surface area (Å²) in [6.07, 6.45) is 0. The average Bonchev–Trinajstić information content (AvgIpc) is 3.01. The molecule has 1 aromatic carbocycles. The minimum Gasteiger partial charge on any atom is -0.287 e. The van der Waals surface area contributed by atoms with Crippen molar-refractivity contribution in [3.63, 3.8) is 0 Å². The number of nitrogens with one attached hydrogen (secondary N) is 1. The third-order valence-electron chi connectivity index (χ3n) is 3.18. The molecule has 3 aromatic rings. The zero-order valence-corrected chi connectivity index (χ0v) is 13.6. The van der Waals surface area contributed by atoms with E-state index in [0.717, 1.165) is 21.8 Å². The quantitative estimate of drug-likeness (QED) is 0.765. The molecule has 0 aliphatic carbocycles. The smallest absolute Gasteiger partial charge is 0.287 e. The van der Waals surface area contributed by atoms with E-state index in [2.05, 4.69) is 9.47 Å². The number of hydrogen-bond donors (Lipinski definition) is 1. The number of aromatic amines is 1. The zero-order chi connectivity index (χ0) is 15.9. The van der Waals surface area contributed by atoms with Gasteiger partial charge in [0.1, 0.15) is 9.90 Å². The van der Waals surface area contributed by atoms with Crippen molar-refractivity contribution in [2.45, 2.75) is 6.92 Å². The van der Waals surface area contributed by atoms with Crippen LogP contribution in [0.15, 0.2) is 35.1 Å². The molecule has 0 aliphatic heterocycles. The predicted octanol–water partition coefficient (Wildman–Crippen LogP) is 3.60. The SMILES string of the molecule is Cc1c(-c2ccccc2)[nH]n(C(=O)c2snc(Cl)c2Cl)c1=O. The molecule has 0 atom stereocenters. The van der Waals surface area contributed by atoms with Gasteiger partial charge in [0.15, 0.2) is 5.15 Å². The van der Waals surface area contributed by atoms with Gasteiger partial charge in [0.2, 0.25) is 0 Å². The minimum atomic E-state index is -0.579. The summed E-state index contributed by atoms with van der Waals surface area (Å²) < 4.78 is 4.73. The Labute approximate surface area is 139 Å². The maximum atomic E-state index is 12.5. The largest absolute Gasteiger partial charge is 0.292 e. The first-order chi connectivity index (χ1) is 10.5. The maximum Gasteiger partial charge on any atom is 0.292 e. The summed E-state index contributed by atoms with van der Waals surface area (Å²) in [6.45, 7) is 1.66. The second kappa shape index (κ2) is 5.72. The summed E-state index contributed by atoms with van der Waals surface area (Å²) in [5.41, 5.74) is 1.43. The fourth-order valence-electron chi connectivity index (χ4n) is 2.04. The monoisotopic (exact) mass is 353 g/mol. The lowest BCUT2D eigenvalue weighted by atomic mass is 10.1. The van der Waals surface area contributed by atoms with Crippen molar-refractivity contribution in [2.75, 3.05) is 0 Å². The Hall–Kier alpha value is -1.89. The van der Waals surface area contributed by atoms with Gasteiger partial charge in [-0.15, -0.1) is 0 Å². The number of carbonyl (C=O) groups excluding carboxylic acids is 1. The molecule has 3 rings (SSSR count). The molecule has 0 bridgehead atoms. The van der Waals surface area contributed by atoms with Gasteiger partial charge in [0.25, 0.3) is 11.5 Å². The maximum absolute atomic E-state index is 12.5. The molecule has 0 fully saturated rings. The predicted molar refractivity (Wildman–Crippen MR) is 87.1 cm³/mol. The number of H-pyrrole nitrogens is 1. The Morgan fingerprint density at radius 1 is 1.27 bits per heavy atom. The van der Waals surface area contributed by atoms with E-state index in [-0.39, 0.29) is 15.1 Å². The van der Waals surface area contributed by atoms with Crippen molar-refractivity contribution in [1.29, 1.82) is 0 Å². The zero-order valence-electron chi connectivity index (χ0n) is 11.3. The van der Waals surface area contributed by atoms with Crippen LogP contribution in [0.3, 0.4) is 0 Å². The molecular formula is C14H9Cl2N3O2S. The molecule has 0 spiro atoms. The molecule has 1 N–H and O–H groups in total. The summed E-state index contributed by atoms with van der Waals surface area (Å²) in [5.74, 6) is -0.579. The summed E-state index contributed by atoms with van der Waals surface area (Å²) >= 11 is 12.5. The van der Waals surface area contributed by atoms with E-state index in [1.807, 2.05) is 30.3 Å². The lowest BCUT2D eigenvalue weighted by Crippen LogP contribution is -2.25. The van der Waals surface area contributed by atoms with Gasteiger partial charge in [-0.05, 0) is 24.0 Å². The highest BCUT2D eigenvalue weighted by atomic mass is 35.5. The Balaban J connectivity index is 2.12. The van der Waals surface area contributed by atoms with Gasteiger partial charge >= 0.3 is 0 Å². The molecule has 0 unspecified atom stereocenters. The van der Waals surface area contributed by atoms with Crippen molar-refractivity contribution in [2.24, 2.45) is 0 Å². The van der Waals surface area contributed by atoms with Crippen molar-refractivity contribution in [1.82, 2.24) is 14.2 Å². The van der Waals surface area contributed by atoms with Gasteiger partial charge in [0.05, 0.1) is 5.69 Å². The molecule has 0 aliphatic rings. The van der Waals surface area contributed by atoms with Crippen LogP contribution in [0.25, 0.3) is 11.3 Å². The molecular weight excluding hydrogens is 345 g/mol. The van der Waals surface area contributed by atoms with Gasteiger partial charge in [0, 0.05) is 5.56 Å². The summed E-state index contributed by atoms with van der Waals surface area (Å²) in [6, 6.07) is 9.28. The third-order valence-corrected chi connectivity index (χ3v) is 4.97.